The van der Waals surface area contributed by atoms with Crippen LogP contribution < -0.4 is 0 Å². The lowest BCUT2D eigenvalue weighted by Crippen LogP contribution is -1.89. The second-order valence-electron chi connectivity index (χ2n) is 0.569. The molecular weight excluding hydrogens is 66.8 g/mol. The molecule has 0 N–H and O–H groups in total. The number of hydrogen-bond donors (Lipinski definition) is 0. The van der Waals surface area contributed by atoms with E-state index in [1.807, 2.05) is 0 Å². The predicted molar refractivity (Wildman–Crippen MR) is 20.6 cm³/mol. The Morgan fingerprint density at radius 1 is 1.20 bits per heavy atom. The van der Waals surface area contributed by atoms with E-state index in [0.29, 0.717) is 12.4 Å². The average Bonchev–Trinajstić information content (AvgIpc) is 1.41. The predicted octanol–water partition coefficient (Wildman–Crippen LogP) is -1.20. The van der Waals surface area contributed by atoms with E-state index in [4.69, 9.17) is 0 Å². The van der Waals surface area contributed by atoms with Crippen LogP contribution in [-0.4, -0.2) is 19.7 Å². The van der Waals surface area contributed by atoms with Gasteiger partial charge < -0.3 is 9.59 Å². The van der Waals surface area contributed by atoms with Crippen LogP contribution in [0.3, 0.4) is 0 Å². The van der Waals surface area contributed by atoms with Crippen LogP contribution in [0.25, 0.3) is 0 Å². The lowest BCUT2D eigenvalue weighted by atomic mass is 9.85. The van der Waals surface area contributed by atoms with E-state index in [-0.39, 0.29) is 7.28 Å². The van der Waals surface area contributed by atoms with E-state index < -0.39 is 0 Å². The van der Waals surface area contributed by atoms with Crippen LogP contribution >= 0.6 is 0 Å². The molecule has 0 amide bonds. The molecule has 0 heterocycles. The molecule has 0 aromatic carbocycles. The van der Waals surface area contributed by atoms with Crippen molar-refractivity contribution in [1.29, 1.82) is 0 Å². The van der Waals surface area contributed by atoms with Gasteiger partial charge in [0.1, 0.15) is 0 Å². The molecule has 0 saturated heterocycles. The molecule has 0 saturated carbocycles. The third-order valence-electron chi connectivity index (χ3n) is 0.192. The molecule has 0 aliphatic rings. The summed E-state index contributed by atoms with van der Waals surface area (Å²) in [4.78, 5) is 18.3. The van der Waals surface area contributed by atoms with Gasteiger partial charge in [-0.3, -0.25) is 0 Å². The number of rotatable bonds is 2. The molecule has 3 heteroatoms. The summed E-state index contributed by atoms with van der Waals surface area (Å²) in [5.41, 5.74) is 0. The SMILES string of the molecule is O=CBC=O. The zero-order valence-electron chi connectivity index (χ0n) is 2.68. The molecule has 26 valence electrons. The zero-order chi connectivity index (χ0) is 4.12. The van der Waals surface area contributed by atoms with E-state index in [2.05, 4.69) is 0 Å². The molecular formula is C2H3BO2. The molecule has 0 unspecified atom stereocenters. The van der Waals surface area contributed by atoms with Gasteiger partial charge in [0.05, 0.1) is 12.4 Å². The number of hydrogen-bond acceptors (Lipinski definition) is 2. The zero-order valence-corrected chi connectivity index (χ0v) is 2.68. The van der Waals surface area contributed by atoms with Crippen LogP contribution in [0.1, 0.15) is 0 Å². The van der Waals surface area contributed by atoms with Crippen molar-refractivity contribution in [1.82, 2.24) is 0 Å². The molecule has 0 spiro atoms. The van der Waals surface area contributed by atoms with E-state index in [0.717, 1.165) is 0 Å². The highest BCUT2D eigenvalue weighted by Gasteiger charge is 1.72. The van der Waals surface area contributed by atoms with Gasteiger partial charge >= 0.3 is 0 Å². The molecule has 0 atom stereocenters. The maximum atomic E-state index is 9.17. The Balaban J connectivity index is 2.65. The first-order chi connectivity index (χ1) is 2.41. The fourth-order valence-corrected chi connectivity index (χ4v) is 0.0393. The molecule has 0 rings (SSSR count). The van der Waals surface area contributed by atoms with Crippen LogP contribution in [0.15, 0.2) is 0 Å². The molecule has 0 aliphatic carbocycles. The number of carbonyl (C=O) groups excluding carboxylic acids is 2. The van der Waals surface area contributed by atoms with E-state index in [1.165, 1.54) is 0 Å². The van der Waals surface area contributed by atoms with Crippen molar-refractivity contribution in [2.45, 2.75) is 0 Å². The topological polar surface area (TPSA) is 34.1 Å². The van der Waals surface area contributed by atoms with Gasteiger partial charge in [0.2, 0.25) is 0 Å². The Hall–Kier alpha value is -0.595. The van der Waals surface area contributed by atoms with Gasteiger partial charge in [-0.1, -0.05) is 0 Å². The van der Waals surface area contributed by atoms with Crippen LogP contribution in [0.2, 0.25) is 0 Å². The molecule has 0 bridgehead atoms. The van der Waals surface area contributed by atoms with Crippen LogP contribution in [-0.2, 0) is 9.59 Å². The lowest BCUT2D eigenvalue weighted by Gasteiger charge is -1.48. The molecule has 2 nitrogen and oxygen atoms in total. The van der Waals surface area contributed by atoms with Crippen molar-refractivity contribution in [3.8, 4) is 0 Å². The molecule has 0 fully saturated rings. The van der Waals surface area contributed by atoms with Crippen molar-refractivity contribution >= 4 is 19.7 Å². The van der Waals surface area contributed by atoms with E-state index >= 15 is 0 Å². The Kier molecular flexibility index (Phi) is 3.00. The molecule has 0 aromatic rings. The minimum Gasteiger partial charge on any atom is -0.314 e. The quantitative estimate of drug-likeness (QED) is 0.302. The fraction of sp³-hybridized carbons (Fsp3) is 0. The van der Waals surface area contributed by atoms with Crippen LogP contribution in [0.5, 0.6) is 0 Å². The summed E-state index contributed by atoms with van der Waals surface area (Å²) in [7, 11) is 0.0278. The molecule has 0 radical (unpaired) electrons. The standard InChI is InChI=1S/C2H3BO2/c4-1-3-2-5/h1-3H. The van der Waals surface area contributed by atoms with Crippen molar-refractivity contribution < 1.29 is 9.59 Å². The summed E-state index contributed by atoms with van der Waals surface area (Å²) in [6.07, 6.45) is 1.12. The van der Waals surface area contributed by atoms with Crippen molar-refractivity contribution in [2.75, 3.05) is 0 Å². The van der Waals surface area contributed by atoms with Gasteiger partial charge in [0.15, 0.2) is 0 Å². The molecule has 0 aliphatic heterocycles. The van der Waals surface area contributed by atoms with Gasteiger partial charge in [0.25, 0.3) is 7.28 Å². The highest BCUT2D eigenvalue weighted by atomic mass is 16.1. The van der Waals surface area contributed by atoms with Crippen molar-refractivity contribution in [3.05, 3.63) is 0 Å². The largest absolute Gasteiger partial charge is 0.314 e. The minimum absolute atomic E-state index is 0.0278. The monoisotopic (exact) mass is 70.0 g/mol. The summed E-state index contributed by atoms with van der Waals surface area (Å²) in [6, 6.07) is 0. The van der Waals surface area contributed by atoms with Crippen molar-refractivity contribution in [2.24, 2.45) is 0 Å². The molecule has 5 heavy (non-hydrogen) atoms. The minimum atomic E-state index is 0.0278. The Labute approximate surface area is 30.4 Å². The second kappa shape index (κ2) is 3.40. The van der Waals surface area contributed by atoms with E-state index in [1.54, 1.807) is 0 Å². The van der Waals surface area contributed by atoms with Crippen LogP contribution in [0, 0.1) is 0 Å². The maximum Gasteiger partial charge on any atom is 0.276 e. The van der Waals surface area contributed by atoms with Crippen molar-refractivity contribution in [3.63, 3.8) is 0 Å². The third kappa shape index (κ3) is 3.40. The third-order valence-corrected chi connectivity index (χ3v) is 0.192. The summed E-state index contributed by atoms with van der Waals surface area (Å²) in [5, 5.41) is 0. The average molecular weight is 69.9 g/mol. The summed E-state index contributed by atoms with van der Waals surface area (Å²) in [6.45, 7) is 0. The lowest BCUT2D eigenvalue weighted by molar-refractivity contribution is 0.564. The molecule has 0 aromatic heterocycles. The second-order valence-corrected chi connectivity index (χ2v) is 0.569. The first-order valence-electron chi connectivity index (χ1n) is 1.29. The van der Waals surface area contributed by atoms with Gasteiger partial charge in [-0.15, -0.1) is 0 Å². The first-order valence-corrected chi connectivity index (χ1v) is 1.29. The number of carbonyl (C=O) groups is 2. The van der Waals surface area contributed by atoms with Gasteiger partial charge in [-0.2, -0.15) is 0 Å². The highest BCUT2D eigenvalue weighted by molar-refractivity contribution is 6.87. The smallest absolute Gasteiger partial charge is 0.276 e. The Bertz CT molecular complexity index is 36.9. The van der Waals surface area contributed by atoms with Gasteiger partial charge in [-0.25, -0.2) is 0 Å². The Morgan fingerprint density at radius 2 is 1.60 bits per heavy atom. The fourth-order valence-electron chi connectivity index (χ4n) is 0.0393. The summed E-state index contributed by atoms with van der Waals surface area (Å²) in [5.74, 6) is 0. The van der Waals surface area contributed by atoms with Gasteiger partial charge in [0, 0.05) is 0 Å². The van der Waals surface area contributed by atoms with Gasteiger partial charge in [-0.05, 0) is 0 Å². The first kappa shape index (κ1) is 4.40. The van der Waals surface area contributed by atoms with E-state index in [9.17, 15) is 9.59 Å². The summed E-state index contributed by atoms with van der Waals surface area (Å²) >= 11 is 0. The Morgan fingerprint density at radius 3 is 1.60 bits per heavy atom. The maximum absolute atomic E-state index is 9.17. The normalized spacial score (nSPS) is 5.60. The summed E-state index contributed by atoms with van der Waals surface area (Å²) < 4.78 is 0. The highest BCUT2D eigenvalue weighted by Crippen LogP contribution is 1.28. The van der Waals surface area contributed by atoms with Crippen LogP contribution in [0.4, 0.5) is 0 Å².